The van der Waals surface area contributed by atoms with Gasteiger partial charge in [-0.3, -0.25) is 4.79 Å². The lowest BCUT2D eigenvalue weighted by Gasteiger charge is -2.05. The van der Waals surface area contributed by atoms with Crippen molar-refractivity contribution < 1.29 is 4.79 Å². The van der Waals surface area contributed by atoms with Crippen molar-refractivity contribution in [1.29, 1.82) is 0 Å². The molecule has 100 valence electrons. The summed E-state index contributed by atoms with van der Waals surface area (Å²) in [4.78, 5) is 12.2. The monoisotopic (exact) mass is 310 g/mol. The third-order valence-corrected chi connectivity index (χ3v) is 5.61. The number of hydrogen-bond acceptors (Lipinski definition) is 6. The van der Waals surface area contributed by atoms with Crippen LogP contribution in [0.3, 0.4) is 0 Å². The highest BCUT2D eigenvalue weighted by Gasteiger charge is 2.12. The van der Waals surface area contributed by atoms with E-state index < -0.39 is 0 Å². The Labute approximate surface area is 125 Å². The molecule has 1 heterocycles. The number of Topliss-reactive ketones (excluding diaryl/α,β-unsaturated/α-hetero) is 1. The third-order valence-electron chi connectivity index (χ3n) is 2.58. The molecule has 3 nitrogen and oxygen atoms in total. The maximum atomic E-state index is 12.2. The minimum atomic E-state index is 0.145. The van der Waals surface area contributed by atoms with Crippen molar-refractivity contribution in [3.05, 3.63) is 34.9 Å². The van der Waals surface area contributed by atoms with Crippen molar-refractivity contribution in [1.82, 2.24) is 10.2 Å². The quantitative estimate of drug-likeness (QED) is 0.620. The van der Waals surface area contributed by atoms with Gasteiger partial charge in [0.05, 0.1) is 5.75 Å². The first-order valence-electron chi connectivity index (χ1n) is 5.71. The number of thioether (sulfide) groups is 2. The largest absolute Gasteiger partial charge is 0.293 e. The summed E-state index contributed by atoms with van der Waals surface area (Å²) in [6.45, 7) is 3.97. The Morgan fingerprint density at radius 2 is 2.00 bits per heavy atom. The molecule has 0 saturated carbocycles. The summed E-state index contributed by atoms with van der Waals surface area (Å²) >= 11 is 4.56. The van der Waals surface area contributed by atoms with Crippen LogP contribution in [0.2, 0.25) is 0 Å². The maximum Gasteiger partial charge on any atom is 0.175 e. The molecule has 0 aliphatic heterocycles. The van der Waals surface area contributed by atoms with Crippen molar-refractivity contribution in [2.24, 2.45) is 0 Å². The molecule has 2 rings (SSSR count). The summed E-state index contributed by atoms with van der Waals surface area (Å²) in [5.41, 5.74) is 2.94. The summed E-state index contributed by atoms with van der Waals surface area (Å²) < 4.78 is 1.78. The molecule has 1 aromatic heterocycles. The molecule has 0 saturated heterocycles. The normalized spacial score (nSPS) is 10.7. The van der Waals surface area contributed by atoms with Crippen molar-refractivity contribution in [3.63, 3.8) is 0 Å². The van der Waals surface area contributed by atoms with Gasteiger partial charge in [-0.05, 0) is 31.7 Å². The van der Waals surface area contributed by atoms with Crippen LogP contribution in [-0.2, 0) is 0 Å². The van der Waals surface area contributed by atoms with Gasteiger partial charge in [-0.15, -0.1) is 10.2 Å². The molecule has 6 heteroatoms. The molecule has 0 bridgehead atoms. The van der Waals surface area contributed by atoms with Crippen LogP contribution in [0.25, 0.3) is 0 Å². The second-order valence-corrected chi connectivity index (χ2v) is 7.32. The number of ketones is 1. The van der Waals surface area contributed by atoms with E-state index in [9.17, 15) is 4.79 Å². The fraction of sp³-hybridized carbons (Fsp3) is 0.308. The molecule has 1 aromatic carbocycles. The Morgan fingerprint density at radius 1 is 1.26 bits per heavy atom. The average molecular weight is 310 g/mol. The Morgan fingerprint density at radius 3 is 2.68 bits per heavy atom. The predicted octanol–water partition coefficient (Wildman–Crippen LogP) is 3.85. The fourth-order valence-corrected chi connectivity index (χ4v) is 3.90. The van der Waals surface area contributed by atoms with E-state index in [1.807, 2.05) is 38.3 Å². The van der Waals surface area contributed by atoms with Gasteiger partial charge in [-0.1, -0.05) is 52.6 Å². The Balaban J connectivity index is 2.03. The number of aromatic nitrogens is 2. The minimum absolute atomic E-state index is 0.145. The van der Waals surface area contributed by atoms with Crippen LogP contribution in [0.15, 0.2) is 26.9 Å². The van der Waals surface area contributed by atoms with Gasteiger partial charge >= 0.3 is 0 Å². The van der Waals surface area contributed by atoms with Gasteiger partial charge in [0.25, 0.3) is 0 Å². The van der Waals surface area contributed by atoms with E-state index in [0.29, 0.717) is 5.75 Å². The van der Waals surface area contributed by atoms with E-state index in [0.717, 1.165) is 25.4 Å². The van der Waals surface area contributed by atoms with Gasteiger partial charge < -0.3 is 0 Å². The van der Waals surface area contributed by atoms with Gasteiger partial charge in [0.2, 0.25) is 0 Å². The van der Waals surface area contributed by atoms with Crippen LogP contribution in [0.4, 0.5) is 0 Å². The van der Waals surface area contributed by atoms with Crippen LogP contribution in [0, 0.1) is 13.8 Å². The molecule has 19 heavy (non-hydrogen) atoms. The second kappa shape index (κ2) is 6.54. The number of carbonyl (C=O) groups is 1. The zero-order valence-corrected chi connectivity index (χ0v) is 13.4. The topological polar surface area (TPSA) is 42.9 Å². The van der Waals surface area contributed by atoms with Crippen LogP contribution in [-0.4, -0.2) is 28.0 Å². The first-order valence-corrected chi connectivity index (χ1v) is 8.73. The van der Waals surface area contributed by atoms with Gasteiger partial charge in [-0.25, -0.2) is 0 Å². The zero-order chi connectivity index (χ0) is 13.8. The molecule has 0 spiro atoms. The SMILES string of the molecule is CSc1nnc(SCC(=O)c2cc(C)ccc2C)s1. The number of benzene rings is 1. The summed E-state index contributed by atoms with van der Waals surface area (Å²) in [7, 11) is 0. The standard InChI is InChI=1S/C13H14N2OS3/c1-8-4-5-9(2)10(6-8)11(16)7-18-13-15-14-12(17-3)19-13/h4-6H,7H2,1-3H3. The Kier molecular flexibility index (Phi) is 5.01. The van der Waals surface area contributed by atoms with E-state index in [4.69, 9.17) is 0 Å². The molecule has 2 aromatic rings. The van der Waals surface area contributed by atoms with Crippen LogP contribution in [0.1, 0.15) is 21.5 Å². The van der Waals surface area contributed by atoms with Crippen molar-refractivity contribution in [2.75, 3.05) is 12.0 Å². The molecule has 0 amide bonds. The molecule has 0 unspecified atom stereocenters. The maximum absolute atomic E-state index is 12.2. The number of rotatable bonds is 5. The van der Waals surface area contributed by atoms with Crippen molar-refractivity contribution >= 4 is 40.6 Å². The van der Waals surface area contributed by atoms with Crippen LogP contribution >= 0.6 is 34.9 Å². The Hall–Kier alpha value is -0.850. The summed E-state index contributed by atoms with van der Waals surface area (Å²) in [6, 6.07) is 5.96. The van der Waals surface area contributed by atoms with Crippen LogP contribution in [0.5, 0.6) is 0 Å². The minimum Gasteiger partial charge on any atom is -0.293 e. The number of nitrogens with zero attached hydrogens (tertiary/aromatic N) is 2. The number of hydrogen-bond donors (Lipinski definition) is 0. The Bertz CT molecular complexity index is 595. The van der Waals surface area contributed by atoms with Gasteiger partial charge in [0.15, 0.2) is 14.5 Å². The van der Waals surface area contributed by atoms with Gasteiger partial charge in [0, 0.05) is 5.56 Å². The van der Waals surface area contributed by atoms with E-state index in [1.165, 1.54) is 23.1 Å². The lowest BCUT2D eigenvalue weighted by molar-refractivity contribution is 0.102. The summed E-state index contributed by atoms with van der Waals surface area (Å²) in [5.74, 6) is 0.555. The lowest BCUT2D eigenvalue weighted by atomic mass is 10.0. The molecule has 0 aliphatic carbocycles. The van der Waals surface area contributed by atoms with E-state index >= 15 is 0 Å². The number of aryl methyl sites for hydroxylation is 2. The molecular weight excluding hydrogens is 296 g/mol. The number of carbonyl (C=O) groups excluding carboxylic acids is 1. The first-order chi connectivity index (χ1) is 9.10. The summed E-state index contributed by atoms with van der Waals surface area (Å²) in [5, 5.41) is 8.07. The molecule has 0 N–H and O–H groups in total. The molecule has 0 atom stereocenters. The van der Waals surface area contributed by atoms with Crippen LogP contribution < -0.4 is 0 Å². The van der Waals surface area contributed by atoms with E-state index in [2.05, 4.69) is 10.2 Å². The summed E-state index contributed by atoms with van der Waals surface area (Å²) in [6.07, 6.45) is 1.97. The lowest BCUT2D eigenvalue weighted by Crippen LogP contribution is -2.05. The first kappa shape index (κ1) is 14.6. The predicted molar refractivity (Wildman–Crippen MR) is 82.7 cm³/mol. The zero-order valence-electron chi connectivity index (χ0n) is 11.0. The average Bonchev–Trinajstić information content (AvgIpc) is 2.87. The second-order valence-electron chi connectivity index (χ2n) is 4.07. The fourth-order valence-electron chi connectivity index (χ4n) is 1.58. The molecular formula is C13H14N2OS3. The van der Waals surface area contributed by atoms with Crippen molar-refractivity contribution in [2.45, 2.75) is 22.5 Å². The van der Waals surface area contributed by atoms with E-state index in [1.54, 1.807) is 11.8 Å². The van der Waals surface area contributed by atoms with Crippen molar-refractivity contribution in [3.8, 4) is 0 Å². The highest BCUT2D eigenvalue weighted by molar-refractivity contribution is 8.03. The van der Waals surface area contributed by atoms with E-state index in [-0.39, 0.29) is 5.78 Å². The molecule has 0 fully saturated rings. The highest BCUT2D eigenvalue weighted by Crippen LogP contribution is 2.28. The smallest absolute Gasteiger partial charge is 0.175 e. The highest BCUT2D eigenvalue weighted by atomic mass is 32.2. The third kappa shape index (κ3) is 3.81. The molecule has 0 radical (unpaired) electrons. The van der Waals surface area contributed by atoms with Gasteiger partial charge in [-0.2, -0.15) is 0 Å². The molecule has 0 aliphatic rings. The van der Waals surface area contributed by atoms with Gasteiger partial charge in [0.1, 0.15) is 0 Å².